The fraction of sp³-hybridized carbons (Fsp3) is 0.824. The van der Waals surface area contributed by atoms with Gasteiger partial charge in [0.2, 0.25) is 0 Å². The van der Waals surface area contributed by atoms with E-state index in [1.165, 1.54) is 12.8 Å². The molecule has 2 saturated heterocycles. The molecule has 26 heavy (non-hydrogen) atoms. The number of nitrogens with one attached hydrogen (secondary N) is 1. The molecule has 1 aromatic heterocycles. The summed E-state index contributed by atoms with van der Waals surface area (Å²) >= 11 is 0. The van der Waals surface area contributed by atoms with E-state index >= 15 is 0 Å². The van der Waals surface area contributed by atoms with Crippen LogP contribution in [0.1, 0.15) is 37.3 Å². The Morgan fingerprint density at radius 3 is 2.85 bits per heavy atom. The SMILES string of the molecule is CN=C(NCc1nnc2n1CCCC2)N1CCOC(C2CCCO2)C1.I. The number of guanidine groups is 1. The van der Waals surface area contributed by atoms with Gasteiger partial charge in [0, 0.05) is 39.7 Å². The summed E-state index contributed by atoms with van der Waals surface area (Å²) in [6.45, 7) is 4.92. The molecule has 0 aliphatic carbocycles. The summed E-state index contributed by atoms with van der Waals surface area (Å²) in [4.78, 5) is 6.73. The Kier molecular flexibility index (Phi) is 7.10. The smallest absolute Gasteiger partial charge is 0.194 e. The molecule has 0 saturated carbocycles. The molecule has 4 rings (SSSR count). The molecule has 0 spiro atoms. The van der Waals surface area contributed by atoms with Gasteiger partial charge in [-0.25, -0.2) is 0 Å². The number of aryl methyl sites for hydroxylation is 1. The van der Waals surface area contributed by atoms with Crippen LogP contribution in [0.25, 0.3) is 0 Å². The van der Waals surface area contributed by atoms with E-state index < -0.39 is 0 Å². The molecule has 2 atom stereocenters. The lowest BCUT2D eigenvalue weighted by Gasteiger charge is -2.37. The molecule has 8 nitrogen and oxygen atoms in total. The minimum atomic E-state index is 0. The monoisotopic (exact) mass is 476 g/mol. The van der Waals surface area contributed by atoms with E-state index in [4.69, 9.17) is 9.47 Å². The van der Waals surface area contributed by atoms with Gasteiger partial charge in [0.15, 0.2) is 11.8 Å². The van der Waals surface area contributed by atoms with Crippen molar-refractivity contribution in [3.8, 4) is 0 Å². The van der Waals surface area contributed by atoms with Gasteiger partial charge in [0.05, 0.1) is 19.3 Å². The third-order valence-electron chi connectivity index (χ3n) is 5.33. The molecule has 2 unspecified atom stereocenters. The van der Waals surface area contributed by atoms with E-state index in [0.717, 1.165) is 63.1 Å². The van der Waals surface area contributed by atoms with Crippen molar-refractivity contribution < 1.29 is 9.47 Å². The number of hydrogen-bond acceptors (Lipinski definition) is 5. The Labute approximate surface area is 171 Å². The van der Waals surface area contributed by atoms with Gasteiger partial charge >= 0.3 is 0 Å². The quantitative estimate of drug-likeness (QED) is 0.402. The van der Waals surface area contributed by atoms with Gasteiger partial charge in [-0.1, -0.05) is 0 Å². The van der Waals surface area contributed by atoms with Crippen molar-refractivity contribution in [2.75, 3.05) is 33.4 Å². The molecule has 3 aliphatic heterocycles. The van der Waals surface area contributed by atoms with Crippen LogP contribution in [-0.2, 0) is 29.0 Å². The summed E-state index contributed by atoms with van der Waals surface area (Å²) < 4.78 is 14.0. The van der Waals surface area contributed by atoms with Crippen molar-refractivity contribution in [3.63, 3.8) is 0 Å². The predicted octanol–water partition coefficient (Wildman–Crippen LogP) is 1.19. The summed E-state index contributed by atoms with van der Waals surface area (Å²) in [7, 11) is 1.83. The van der Waals surface area contributed by atoms with Crippen LogP contribution in [0.2, 0.25) is 0 Å². The van der Waals surface area contributed by atoms with Gasteiger partial charge in [-0.15, -0.1) is 34.2 Å². The second-order valence-electron chi connectivity index (χ2n) is 6.95. The number of ether oxygens (including phenoxy) is 2. The minimum Gasteiger partial charge on any atom is -0.375 e. The number of nitrogens with zero attached hydrogens (tertiary/aromatic N) is 5. The molecule has 0 bridgehead atoms. The molecule has 1 aromatic rings. The molecule has 9 heteroatoms. The summed E-state index contributed by atoms with van der Waals surface area (Å²) in [6.07, 6.45) is 6.05. The predicted molar refractivity (Wildman–Crippen MR) is 109 cm³/mol. The van der Waals surface area contributed by atoms with E-state index in [9.17, 15) is 0 Å². The second-order valence-corrected chi connectivity index (χ2v) is 6.95. The van der Waals surface area contributed by atoms with E-state index in [2.05, 4.69) is 30.0 Å². The third-order valence-corrected chi connectivity index (χ3v) is 5.33. The summed E-state index contributed by atoms with van der Waals surface area (Å²) in [5.41, 5.74) is 0. The van der Waals surface area contributed by atoms with Gasteiger partial charge in [-0.2, -0.15) is 0 Å². The van der Waals surface area contributed by atoms with Crippen molar-refractivity contribution in [1.82, 2.24) is 25.0 Å². The molecule has 3 aliphatic rings. The van der Waals surface area contributed by atoms with Crippen LogP contribution in [0.15, 0.2) is 4.99 Å². The third kappa shape index (κ3) is 4.30. The van der Waals surface area contributed by atoms with Crippen LogP contribution in [-0.4, -0.2) is 71.2 Å². The maximum atomic E-state index is 5.94. The van der Waals surface area contributed by atoms with Crippen LogP contribution >= 0.6 is 24.0 Å². The van der Waals surface area contributed by atoms with Crippen molar-refractivity contribution in [2.24, 2.45) is 4.99 Å². The highest BCUT2D eigenvalue weighted by molar-refractivity contribution is 14.0. The zero-order valence-electron chi connectivity index (χ0n) is 15.4. The number of aliphatic imine (C=N–C) groups is 1. The zero-order chi connectivity index (χ0) is 17.1. The molecule has 0 aromatic carbocycles. The number of halogens is 1. The first-order valence-electron chi connectivity index (χ1n) is 9.45. The largest absolute Gasteiger partial charge is 0.375 e. The van der Waals surface area contributed by atoms with Crippen molar-refractivity contribution >= 4 is 29.9 Å². The van der Waals surface area contributed by atoms with Gasteiger partial charge < -0.3 is 24.3 Å². The second kappa shape index (κ2) is 9.32. The first-order valence-corrected chi connectivity index (χ1v) is 9.45. The highest BCUT2D eigenvalue weighted by atomic mass is 127. The fourth-order valence-electron chi connectivity index (χ4n) is 3.98. The summed E-state index contributed by atoms with van der Waals surface area (Å²) in [5, 5.41) is 12.1. The number of fused-ring (bicyclic) bond motifs is 1. The lowest BCUT2D eigenvalue weighted by molar-refractivity contribution is -0.0817. The highest BCUT2D eigenvalue weighted by Gasteiger charge is 2.32. The first kappa shape index (κ1) is 19.8. The first-order chi connectivity index (χ1) is 12.3. The van der Waals surface area contributed by atoms with Crippen LogP contribution in [0.4, 0.5) is 0 Å². The van der Waals surface area contributed by atoms with Crippen molar-refractivity contribution in [3.05, 3.63) is 11.6 Å². The Hall–Kier alpha value is -0.940. The molecule has 2 fully saturated rings. The van der Waals surface area contributed by atoms with Gasteiger partial charge in [0.1, 0.15) is 11.9 Å². The van der Waals surface area contributed by atoms with Crippen LogP contribution in [0, 0.1) is 0 Å². The van der Waals surface area contributed by atoms with E-state index in [1.54, 1.807) is 0 Å². The Balaban J connectivity index is 0.00000196. The Bertz CT molecular complexity index is 616. The van der Waals surface area contributed by atoms with Gasteiger partial charge in [0.25, 0.3) is 0 Å². The number of aromatic nitrogens is 3. The Morgan fingerprint density at radius 1 is 1.15 bits per heavy atom. The van der Waals surface area contributed by atoms with E-state index in [0.29, 0.717) is 13.2 Å². The summed E-state index contributed by atoms with van der Waals surface area (Å²) in [6, 6.07) is 0. The molecule has 0 radical (unpaired) electrons. The molecule has 0 amide bonds. The minimum absolute atomic E-state index is 0. The zero-order valence-corrected chi connectivity index (χ0v) is 17.7. The van der Waals surface area contributed by atoms with Crippen LogP contribution < -0.4 is 5.32 Å². The number of hydrogen-bond donors (Lipinski definition) is 1. The average Bonchev–Trinajstić information content (AvgIpc) is 3.33. The van der Waals surface area contributed by atoms with Crippen LogP contribution in [0.3, 0.4) is 0 Å². The molecule has 4 heterocycles. The topological polar surface area (TPSA) is 76.8 Å². The van der Waals surface area contributed by atoms with Gasteiger partial charge in [-0.3, -0.25) is 4.99 Å². The summed E-state index contributed by atoms with van der Waals surface area (Å²) in [5.74, 6) is 3.02. The van der Waals surface area contributed by atoms with Crippen LogP contribution in [0.5, 0.6) is 0 Å². The molecule has 146 valence electrons. The average molecular weight is 476 g/mol. The van der Waals surface area contributed by atoms with E-state index in [1.807, 2.05) is 7.05 Å². The lowest BCUT2D eigenvalue weighted by atomic mass is 10.1. The number of rotatable bonds is 3. The van der Waals surface area contributed by atoms with Crippen molar-refractivity contribution in [1.29, 1.82) is 0 Å². The normalized spacial score (nSPS) is 26.3. The Morgan fingerprint density at radius 2 is 2.04 bits per heavy atom. The fourth-order valence-corrected chi connectivity index (χ4v) is 3.98. The number of morpholine rings is 1. The molecular formula is C17H29IN6O2. The standard InChI is InChI=1S/C17H28N6O2.HI/c1-18-17(19-11-16-21-20-15-6-2-3-7-23(15)16)22-8-10-25-14(12-22)13-5-4-9-24-13;/h13-14H,2-12H2,1H3,(H,18,19);1H. The molecule has 1 N–H and O–H groups in total. The van der Waals surface area contributed by atoms with E-state index in [-0.39, 0.29) is 36.2 Å². The van der Waals surface area contributed by atoms with Crippen molar-refractivity contribution in [2.45, 2.75) is 57.4 Å². The highest BCUT2D eigenvalue weighted by Crippen LogP contribution is 2.21. The lowest BCUT2D eigenvalue weighted by Crippen LogP contribution is -2.53. The molecular weight excluding hydrogens is 447 g/mol. The van der Waals surface area contributed by atoms with Gasteiger partial charge in [-0.05, 0) is 25.7 Å². The maximum absolute atomic E-state index is 5.94. The maximum Gasteiger partial charge on any atom is 0.194 e.